The summed E-state index contributed by atoms with van der Waals surface area (Å²) < 4.78 is 0. The molecule has 0 saturated carbocycles. The molecule has 0 bridgehead atoms. The van der Waals surface area contributed by atoms with Crippen molar-refractivity contribution in [2.45, 2.75) is 33.2 Å². The van der Waals surface area contributed by atoms with Crippen molar-refractivity contribution in [3.8, 4) is 0 Å². The van der Waals surface area contributed by atoms with Gasteiger partial charge in [0.1, 0.15) is 5.82 Å². The van der Waals surface area contributed by atoms with E-state index in [-0.39, 0.29) is 0 Å². The van der Waals surface area contributed by atoms with Gasteiger partial charge in [0, 0.05) is 25.0 Å². The molecular weight excluding hydrogens is 320 g/mol. The van der Waals surface area contributed by atoms with E-state index in [0.717, 1.165) is 24.6 Å². The summed E-state index contributed by atoms with van der Waals surface area (Å²) in [4.78, 5) is 11.4. The lowest BCUT2D eigenvalue weighted by molar-refractivity contribution is 0.811. The van der Waals surface area contributed by atoms with Crippen molar-refractivity contribution < 1.29 is 0 Å². The summed E-state index contributed by atoms with van der Waals surface area (Å²) in [5, 5.41) is 3.39. The van der Waals surface area contributed by atoms with Gasteiger partial charge < -0.3 is 10.2 Å². The Morgan fingerprint density at radius 3 is 2.42 bits per heavy atom. The second-order valence-corrected chi connectivity index (χ2v) is 6.61. The third kappa shape index (κ3) is 4.39. The zero-order valence-corrected chi connectivity index (χ0v) is 15.7. The quantitative estimate of drug-likeness (QED) is 0.624. The molecule has 0 spiro atoms. The average Bonchev–Trinajstić information content (AvgIpc) is 2.67. The molecule has 0 atom stereocenters. The smallest absolute Gasteiger partial charge is 0.229 e. The summed E-state index contributed by atoms with van der Waals surface area (Å²) in [5.74, 6) is 1.99. The van der Waals surface area contributed by atoms with Gasteiger partial charge in [-0.15, -0.1) is 0 Å². The van der Waals surface area contributed by atoms with Gasteiger partial charge >= 0.3 is 0 Å². The van der Waals surface area contributed by atoms with Gasteiger partial charge in [0.25, 0.3) is 0 Å². The van der Waals surface area contributed by atoms with Crippen LogP contribution in [0.5, 0.6) is 0 Å². The van der Waals surface area contributed by atoms with Crippen LogP contribution in [-0.2, 0) is 6.54 Å². The maximum absolute atomic E-state index is 4.74. The third-order valence-electron chi connectivity index (χ3n) is 4.39. The normalized spacial score (nSPS) is 10.8. The lowest BCUT2D eigenvalue weighted by Gasteiger charge is -2.22. The highest BCUT2D eigenvalue weighted by molar-refractivity contribution is 5.60. The first-order chi connectivity index (χ1) is 12.7. The Labute approximate surface area is 155 Å². The monoisotopic (exact) mass is 346 g/mol. The van der Waals surface area contributed by atoms with Gasteiger partial charge in [0.15, 0.2) is 0 Å². The van der Waals surface area contributed by atoms with Gasteiger partial charge in [0.2, 0.25) is 5.95 Å². The minimum atomic E-state index is 0.437. The minimum Gasteiger partial charge on any atom is -0.352 e. The summed E-state index contributed by atoms with van der Waals surface area (Å²) >= 11 is 0. The number of hydrogen-bond donors (Lipinski definition) is 1. The molecule has 0 amide bonds. The molecule has 134 valence electrons. The van der Waals surface area contributed by atoms with Gasteiger partial charge in [0.05, 0.1) is 0 Å². The van der Waals surface area contributed by atoms with Crippen LogP contribution in [0.15, 0.2) is 66.9 Å². The molecule has 3 aromatic rings. The molecule has 0 aliphatic carbocycles. The number of nitrogens with one attached hydrogen (secondary N) is 1. The van der Waals surface area contributed by atoms with Crippen LogP contribution in [0.25, 0.3) is 0 Å². The average molecular weight is 346 g/mol. The van der Waals surface area contributed by atoms with Gasteiger partial charge in [-0.3, -0.25) is 0 Å². The van der Waals surface area contributed by atoms with Crippen LogP contribution in [0.1, 0.15) is 37.8 Å². The Balaban J connectivity index is 1.81. The van der Waals surface area contributed by atoms with Crippen LogP contribution in [-0.4, -0.2) is 16.5 Å². The molecule has 4 heteroatoms. The van der Waals surface area contributed by atoms with E-state index in [1.807, 2.05) is 24.4 Å². The maximum Gasteiger partial charge on any atom is 0.229 e. The Morgan fingerprint density at radius 2 is 1.69 bits per heavy atom. The molecular formula is C22H26N4. The molecule has 0 aliphatic rings. The van der Waals surface area contributed by atoms with Crippen LogP contribution < -0.4 is 10.2 Å². The van der Waals surface area contributed by atoms with Crippen molar-refractivity contribution in [1.29, 1.82) is 0 Å². The van der Waals surface area contributed by atoms with Crippen LogP contribution in [0.2, 0.25) is 0 Å². The standard InChI is InChI=1S/C22H26N4/c1-4-26(16-18-10-6-5-7-11-18)21-14-15-23-22(25-21)24-20-13-9-8-12-19(20)17(2)3/h5-15,17H,4,16H2,1-3H3,(H,23,24,25). The van der Waals surface area contributed by atoms with Crippen molar-refractivity contribution in [3.05, 3.63) is 78.0 Å². The Hall–Kier alpha value is -2.88. The van der Waals surface area contributed by atoms with Crippen molar-refractivity contribution in [2.24, 2.45) is 0 Å². The van der Waals surface area contributed by atoms with E-state index >= 15 is 0 Å². The zero-order chi connectivity index (χ0) is 18.4. The van der Waals surface area contributed by atoms with Gasteiger partial charge in [-0.25, -0.2) is 4.98 Å². The molecule has 1 heterocycles. The van der Waals surface area contributed by atoms with E-state index in [0.29, 0.717) is 11.9 Å². The van der Waals surface area contributed by atoms with E-state index in [2.05, 4.69) is 78.4 Å². The number of benzene rings is 2. The highest BCUT2D eigenvalue weighted by Crippen LogP contribution is 2.26. The largest absolute Gasteiger partial charge is 0.352 e. The topological polar surface area (TPSA) is 41.1 Å². The number of hydrogen-bond acceptors (Lipinski definition) is 4. The van der Waals surface area contributed by atoms with Crippen molar-refractivity contribution in [1.82, 2.24) is 9.97 Å². The first kappa shape index (κ1) is 17.9. The molecule has 0 radical (unpaired) electrons. The third-order valence-corrected chi connectivity index (χ3v) is 4.39. The summed E-state index contributed by atoms with van der Waals surface area (Å²) in [6, 6.07) is 20.7. The molecule has 4 nitrogen and oxygen atoms in total. The fourth-order valence-electron chi connectivity index (χ4n) is 2.98. The predicted molar refractivity (Wildman–Crippen MR) is 109 cm³/mol. The number of anilines is 3. The van der Waals surface area contributed by atoms with E-state index in [9.17, 15) is 0 Å². The Morgan fingerprint density at radius 1 is 0.962 bits per heavy atom. The van der Waals surface area contributed by atoms with E-state index in [1.54, 1.807) is 0 Å². The molecule has 3 rings (SSSR count). The first-order valence-electron chi connectivity index (χ1n) is 9.15. The van der Waals surface area contributed by atoms with Gasteiger partial charge in [-0.1, -0.05) is 62.4 Å². The van der Waals surface area contributed by atoms with E-state index in [4.69, 9.17) is 4.98 Å². The van der Waals surface area contributed by atoms with Crippen LogP contribution in [0.4, 0.5) is 17.5 Å². The van der Waals surface area contributed by atoms with Gasteiger partial charge in [-0.2, -0.15) is 4.98 Å². The lowest BCUT2D eigenvalue weighted by atomic mass is 10.0. The second-order valence-electron chi connectivity index (χ2n) is 6.61. The van der Waals surface area contributed by atoms with Crippen molar-refractivity contribution >= 4 is 17.5 Å². The molecule has 0 fully saturated rings. The predicted octanol–water partition coefficient (Wildman–Crippen LogP) is 5.37. The highest BCUT2D eigenvalue weighted by atomic mass is 15.2. The molecule has 0 unspecified atom stereocenters. The van der Waals surface area contributed by atoms with Crippen molar-refractivity contribution in [2.75, 3.05) is 16.8 Å². The number of nitrogens with zero attached hydrogens (tertiary/aromatic N) is 3. The minimum absolute atomic E-state index is 0.437. The molecule has 0 aliphatic heterocycles. The Bertz CT molecular complexity index is 830. The zero-order valence-electron chi connectivity index (χ0n) is 15.7. The fraction of sp³-hybridized carbons (Fsp3) is 0.273. The summed E-state index contributed by atoms with van der Waals surface area (Å²) in [6.45, 7) is 8.24. The fourth-order valence-corrected chi connectivity index (χ4v) is 2.98. The molecule has 1 aromatic heterocycles. The van der Waals surface area contributed by atoms with Gasteiger partial charge in [-0.05, 0) is 36.1 Å². The van der Waals surface area contributed by atoms with Crippen LogP contribution in [0.3, 0.4) is 0 Å². The molecule has 0 saturated heterocycles. The van der Waals surface area contributed by atoms with Crippen LogP contribution in [0, 0.1) is 0 Å². The number of aromatic nitrogens is 2. The highest BCUT2D eigenvalue weighted by Gasteiger charge is 2.10. The van der Waals surface area contributed by atoms with E-state index < -0.39 is 0 Å². The first-order valence-corrected chi connectivity index (χ1v) is 9.15. The second kappa shape index (κ2) is 8.48. The van der Waals surface area contributed by atoms with Crippen LogP contribution >= 0.6 is 0 Å². The molecule has 1 N–H and O–H groups in total. The van der Waals surface area contributed by atoms with Crippen molar-refractivity contribution in [3.63, 3.8) is 0 Å². The molecule has 2 aromatic carbocycles. The SMILES string of the molecule is CCN(Cc1ccccc1)c1ccnc(Nc2ccccc2C(C)C)n1. The molecule has 26 heavy (non-hydrogen) atoms. The number of rotatable bonds is 7. The van der Waals surface area contributed by atoms with E-state index in [1.165, 1.54) is 11.1 Å². The maximum atomic E-state index is 4.74. The number of para-hydroxylation sites is 1. The lowest BCUT2D eigenvalue weighted by Crippen LogP contribution is -2.23. The Kier molecular flexibility index (Phi) is 5.84. The summed E-state index contributed by atoms with van der Waals surface area (Å²) in [6.07, 6.45) is 1.82. The summed E-state index contributed by atoms with van der Waals surface area (Å²) in [7, 11) is 0. The summed E-state index contributed by atoms with van der Waals surface area (Å²) in [5.41, 5.74) is 3.59.